The van der Waals surface area contributed by atoms with Crippen LogP contribution in [0.25, 0.3) is 11.1 Å². The molecular formula is C17H17NO3. The second kappa shape index (κ2) is 5.79. The van der Waals surface area contributed by atoms with Gasteiger partial charge >= 0.3 is 5.97 Å². The van der Waals surface area contributed by atoms with E-state index >= 15 is 0 Å². The third-order valence-corrected chi connectivity index (χ3v) is 3.34. The van der Waals surface area contributed by atoms with E-state index < -0.39 is 5.97 Å². The Morgan fingerprint density at radius 3 is 2.14 bits per heavy atom. The fourth-order valence-electron chi connectivity index (χ4n) is 2.24. The van der Waals surface area contributed by atoms with Gasteiger partial charge in [0.15, 0.2) is 0 Å². The van der Waals surface area contributed by atoms with Gasteiger partial charge in [0, 0.05) is 19.7 Å². The lowest BCUT2D eigenvalue weighted by Crippen LogP contribution is -2.21. The molecule has 0 saturated carbocycles. The largest absolute Gasteiger partial charge is 0.478 e. The normalized spacial score (nSPS) is 10.2. The summed E-state index contributed by atoms with van der Waals surface area (Å²) < 4.78 is 0. The molecule has 0 atom stereocenters. The highest BCUT2D eigenvalue weighted by Crippen LogP contribution is 2.26. The molecule has 0 saturated heterocycles. The Labute approximate surface area is 123 Å². The first kappa shape index (κ1) is 14.8. The number of hydrogen-bond donors (Lipinski definition) is 1. The van der Waals surface area contributed by atoms with Gasteiger partial charge < -0.3 is 10.0 Å². The number of carbonyl (C=O) groups is 2. The number of carboxylic acid groups (broad SMARTS) is 1. The van der Waals surface area contributed by atoms with Crippen LogP contribution in [-0.2, 0) is 0 Å². The van der Waals surface area contributed by atoms with Crippen LogP contribution in [0.1, 0.15) is 26.3 Å². The fourth-order valence-corrected chi connectivity index (χ4v) is 2.24. The number of rotatable bonds is 3. The molecule has 0 radical (unpaired) electrons. The zero-order valence-electron chi connectivity index (χ0n) is 12.3. The Balaban J connectivity index is 2.47. The van der Waals surface area contributed by atoms with Crippen molar-refractivity contribution in [1.82, 2.24) is 4.90 Å². The monoisotopic (exact) mass is 283 g/mol. The van der Waals surface area contributed by atoms with Crippen molar-refractivity contribution in [2.45, 2.75) is 6.92 Å². The molecule has 21 heavy (non-hydrogen) atoms. The van der Waals surface area contributed by atoms with Gasteiger partial charge in [-0.05, 0) is 35.7 Å². The average molecular weight is 283 g/mol. The maximum absolute atomic E-state index is 11.9. The average Bonchev–Trinajstić information content (AvgIpc) is 2.46. The van der Waals surface area contributed by atoms with E-state index in [4.69, 9.17) is 0 Å². The summed E-state index contributed by atoms with van der Waals surface area (Å²) in [4.78, 5) is 24.8. The minimum Gasteiger partial charge on any atom is -0.478 e. The summed E-state index contributed by atoms with van der Waals surface area (Å²) in [7, 11) is 3.39. The summed E-state index contributed by atoms with van der Waals surface area (Å²) >= 11 is 0. The molecular weight excluding hydrogens is 266 g/mol. The van der Waals surface area contributed by atoms with Crippen molar-refractivity contribution in [3.05, 3.63) is 59.2 Å². The maximum Gasteiger partial charge on any atom is 0.336 e. The molecule has 2 aromatic rings. The topological polar surface area (TPSA) is 57.6 Å². The number of nitrogens with zero attached hydrogens (tertiary/aromatic N) is 1. The first-order chi connectivity index (χ1) is 9.91. The summed E-state index contributed by atoms with van der Waals surface area (Å²) in [5.74, 6) is -1.03. The third kappa shape index (κ3) is 2.94. The van der Waals surface area contributed by atoms with Crippen LogP contribution in [0.5, 0.6) is 0 Å². The predicted octanol–water partition coefficient (Wildman–Crippen LogP) is 3.06. The molecule has 1 amide bonds. The summed E-state index contributed by atoms with van der Waals surface area (Å²) in [6, 6.07) is 12.4. The molecule has 0 spiro atoms. The van der Waals surface area contributed by atoms with Crippen molar-refractivity contribution in [2.24, 2.45) is 0 Å². The molecule has 0 heterocycles. The van der Waals surface area contributed by atoms with Crippen molar-refractivity contribution in [3.63, 3.8) is 0 Å². The van der Waals surface area contributed by atoms with Gasteiger partial charge in [-0.25, -0.2) is 4.79 Å². The van der Waals surface area contributed by atoms with Crippen LogP contribution in [0.2, 0.25) is 0 Å². The Morgan fingerprint density at radius 1 is 1.00 bits per heavy atom. The fraction of sp³-hybridized carbons (Fsp3) is 0.176. The van der Waals surface area contributed by atoms with E-state index in [-0.39, 0.29) is 5.91 Å². The van der Waals surface area contributed by atoms with Gasteiger partial charge in [-0.3, -0.25) is 4.79 Å². The predicted molar refractivity (Wildman–Crippen MR) is 81.6 cm³/mol. The molecule has 2 aromatic carbocycles. The molecule has 0 fully saturated rings. The number of carboxylic acids is 1. The van der Waals surface area contributed by atoms with E-state index in [1.54, 1.807) is 57.4 Å². The van der Waals surface area contributed by atoms with Gasteiger partial charge in [-0.15, -0.1) is 0 Å². The van der Waals surface area contributed by atoms with Crippen LogP contribution in [0.4, 0.5) is 0 Å². The van der Waals surface area contributed by atoms with Crippen molar-refractivity contribution >= 4 is 11.9 Å². The molecule has 0 aromatic heterocycles. The van der Waals surface area contributed by atoms with Crippen molar-refractivity contribution in [2.75, 3.05) is 14.1 Å². The standard InChI is InChI=1S/C17H17NO3/c1-11-5-4-6-14(15(11)17(20)21)12-7-9-13(10-8-12)16(19)18(2)3/h4-10H,1-3H3,(H,20,21). The number of aryl methyl sites for hydroxylation is 1. The maximum atomic E-state index is 11.9. The molecule has 0 unspecified atom stereocenters. The van der Waals surface area contributed by atoms with Gasteiger partial charge in [0.25, 0.3) is 5.91 Å². The van der Waals surface area contributed by atoms with Gasteiger partial charge in [0.2, 0.25) is 0 Å². The molecule has 0 aliphatic heterocycles. The lowest BCUT2D eigenvalue weighted by atomic mass is 9.95. The lowest BCUT2D eigenvalue weighted by molar-refractivity contribution is 0.0696. The molecule has 2 rings (SSSR count). The van der Waals surface area contributed by atoms with E-state index in [1.807, 2.05) is 6.07 Å². The number of benzene rings is 2. The van der Waals surface area contributed by atoms with E-state index in [0.29, 0.717) is 22.3 Å². The SMILES string of the molecule is Cc1cccc(-c2ccc(C(=O)N(C)C)cc2)c1C(=O)O. The summed E-state index contributed by atoms with van der Waals surface area (Å²) in [6.07, 6.45) is 0. The second-order valence-electron chi connectivity index (χ2n) is 5.08. The number of amides is 1. The van der Waals surface area contributed by atoms with E-state index in [1.165, 1.54) is 4.90 Å². The van der Waals surface area contributed by atoms with Crippen LogP contribution < -0.4 is 0 Å². The molecule has 4 heteroatoms. The van der Waals surface area contributed by atoms with Crippen LogP contribution in [0.3, 0.4) is 0 Å². The van der Waals surface area contributed by atoms with E-state index in [0.717, 1.165) is 5.56 Å². The van der Waals surface area contributed by atoms with Crippen molar-refractivity contribution < 1.29 is 14.7 Å². The Bertz CT molecular complexity index is 688. The van der Waals surface area contributed by atoms with Gasteiger partial charge in [0.05, 0.1) is 5.56 Å². The highest BCUT2D eigenvalue weighted by Gasteiger charge is 2.15. The van der Waals surface area contributed by atoms with Crippen LogP contribution in [0.15, 0.2) is 42.5 Å². The Hall–Kier alpha value is -2.62. The van der Waals surface area contributed by atoms with Crippen molar-refractivity contribution in [1.29, 1.82) is 0 Å². The highest BCUT2D eigenvalue weighted by molar-refractivity contribution is 5.98. The smallest absolute Gasteiger partial charge is 0.336 e. The zero-order chi connectivity index (χ0) is 15.6. The van der Waals surface area contributed by atoms with Crippen LogP contribution >= 0.6 is 0 Å². The molecule has 0 aliphatic carbocycles. The minimum atomic E-state index is -0.948. The molecule has 1 N–H and O–H groups in total. The molecule has 0 bridgehead atoms. The third-order valence-electron chi connectivity index (χ3n) is 3.34. The number of hydrogen-bond acceptors (Lipinski definition) is 2. The molecule has 4 nitrogen and oxygen atoms in total. The van der Waals surface area contributed by atoms with E-state index in [9.17, 15) is 14.7 Å². The molecule has 0 aliphatic rings. The quantitative estimate of drug-likeness (QED) is 0.941. The van der Waals surface area contributed by atoms with Crippen molar-refractivity contribution in [3.8, 4) is 11.1 Å². The van der Waals surface area contributed by atoms with Crippen LogP contribution in [-0.4, -0.2) is 36.0 Å². The minimum absolute atomic E-state index is 0.0794. The first-order valence-corrected chi connectivity index (χ1v) is 6.57. The zero-order valence-corrected chi connectivity index (χ0v) is 12.3. The lowest BCUT2D eigenvalue weighted by Gasteiger charge is -2.12. The Kier molecular flexibility index (Phi) is 4.08. The summed E-state index contributed by atoms with van der Waals surface area (Å²) in [5.41, 5.74) is 3.03. The number of aromatic carboxylic acids is 1. The van der Waals surface area contributed by atoms with Crippen LogP contribution in [0, 0.1) is 6.92 Å². The molecule has 108 valence electrons. The number of carbonyl (C=O) groups excluding carboxylic acids is 1. The Morgan fingerprint density at radius 2 is 1.62 bits per heavy atom. The highest BCUT2D eigenvalue weighted by atomic mass is 16.4. The summed E-state index contributed by atoms with van der Waals surface area (Å²) in [5, 5.41) is 9.36. The summed E-state index contributed by atoms with van der Waals surface area (Å²) in [6.45, 7) is 1.77. The second-order valence-corrected chi connectivity index (χ2v) is 5.08. The first-order valence-electron chi connectivity index (χ1n) is 6.57. The van der Waals surface area contributed by atoms with Gasteiger partial charge in [-0.2, -0.15) is 0 Å². The van der Waals surface area contributed by atoms with Gasteiger partial charge in [-0.1, -0.05) is 30.3 Å². The van der Waals surface area contributed by atoms with Gasteiger partial charge in [0.1, 0.15) is 0 Å². The van der Waals surface area contributed by atoms with E-state index in [2.05, 4.69) is 0 Å².